The number of hydrogen-bond donors (Lipinski definition) is 2. The van der Waals surface area contributed by atoms with E-state index in [1.807, 2.05) is 60.7 Å². The first kappa shape index (κ1) is 17.2. The highest BCUT2D eigenvalue weighted by molar-refractivity contribution is 5.89. The second-order valence-electron chi connectivity index (χ2n) is 6.74. The van der Waals surface area contributed by atoms with Crippen molar-refractivity contribution in [3.63, 3.8) is 0 Å². The molecule has 0 saturated heterocycles. The molecule has 4 nitrogen and oxygen atoms in total. The van der Waals surface area contributed by atoms with E-state index in [9.17, 15) is 14.7 Å². The Bertz CT molecular complexity index is 723. The molecule has 0 aromatic heterocycles. The summed E-state index contributed by atoms with van der Waals surface area (Å²) in [6, 6.07) is 19.3. The quantitative estimate of drug-likeness (QED) is 0.815. The molecule has 2 aromatic rings. The molecule has 0 bridgehead atoms. The minimum atomic E-state index is -0.883. The summed E-state index contributed by atoms with van der Waals surface area (Å²) in [5, 5.41) is 12.4. The minimum Gasteiger partial charge on any atom is -0.481 e. The Hall–Kier alpha value is -2.62. The molecule has 1 unspecified atom stereocenters. The molecular formula is C21H23NO3. The Morgan fingerprint density at radius 2 is 1.60 bits per heavy atom. The lowest BCUT2D eigenvalue weighted by molar-refractivity contribution is -0.141. The van der Waals surface area contributed by atoms with Crippen LogP contribution in [0.25, 0.3) is 0 Å². The fraction of sp³-hybridized carbons (Fsp3) is 0.333. The van der Waals surface area contributed by atoms with Crippen molar-refractivity contribution < 1.29 is 14.7 Å². The Morgan fingerprint density at radius 3 is 2.12 bits per heavy atom. The van der Waals surface area contributed by atoms with E-state index in [4.69, 9.17) is 0 Å². The minimum absolute atomic E-state index is 0.0516. The van der Waals surface area contributed by atoms with Crippen molar-refractivity contribution in [3.8, 4) is 0 Å². The van der Waals surface area contributed by atoms with E-state index in [0.717, 1.165) is 30.4 Å². The average molecular weight is 337 g/mol. The van der Waals surface area contributed by atoms with Crippen molar-refractivity contribution in [2.45, 2.75) is 31.1 Å². The summed E-state index contributed by atoms with van der Waals surface area (Å²) < 4.78 is 0. The Kier molecular flexibility index (Phi) is 5.17. The summed E-state index contributed by atoms with van der Waals surface area (Å²) in [6.45, 7) is 0.150. The summed E-state index contributed by atoms with van der Waals surface area (Å²) in [4.78, 5) is 24.4. The van der Waals surface area contributed by atoms with Crippen LogP contribution < -0.4 is 5.32 Å². The molecule has 1 amide bonds. The topological polar surface area (TPSA) is 66.4 Å². The average Bonchev–Trinajstić information content (AvgIpc) is 2.59. The number of benzene rings is 2. The van der Waals surface area contributed by atoms with E-state index in [1.165, 1.54) is 0 Å². The predicted molar refractivity (Wildman–Crippen MR) is 96.3 cm³/mol. The smallest absolute Gasteiger partial charge is 0.308 e. The van der Waals surface area contributed by atoms with Gasteiger partial charge in [0.1, 0.15) is 0 Å². The fourth-order valence-electron chi connectivity index (χ4n) is 3.46. The molecule has 1 aliphatic carbocycles. The van der Waals surface area contributed by atoms with Crippen LogP contribution in [-0.2, 0) is 21.4 Å². The summed E-state index contributed by atoms with van der Waals surface area (Å²) in [7, 11) is 0. The van der Waals surface area contributed by atoms with Crippen molar-refractivity contribution in [2.24, 2.45) is 5.92 Å². The van der Waals surface area contributed by atoms with Crippen LogP contribution in [0.2, 0.25) is 0 Å². The number of carboxylic acid groups (broad SMARTS) is 1. The lowest BCUT2D eigenvalue weighted by Crippen LogP contribution is -2.50. The number of aliphatic carboxylic acids is 1. The van der Waals surface area contributed by atoms with Gasteiger partial charge in [0.2, 0.25) is 5.91 Å². The second-order valence-corrected chi connectivity index (χ2v) is 6.74. The standard InChI is InChI=1S/C21H23NO3/c23-19(24)17(14-16-8-3-1-4-9-16)15-22-20(25)21(12-7-13-21)18-10-5-2-6-11-18/h1-6,8-11,17H,7,12-15H2,(H,22,25)(H,23,24). The molecule has 130 valence electrons. The summed E-state index contributed by atoms with van der Waals surface area (Å²) in [5.41, 5.74) is 1.50. The van der Waals surface area contributed by atoms with Crippen molar-refractivity contribution in [1.29, 1.82) is 0 Å². The van der Waals surface area contributed by atoms with Crippen LogP contribution in [0.15, 0.2) is 60.7 Å². The third-order valence-corrected chi connectivity index (χ3v) is 5.15. The number of rotatable bonds is 7. The molecular weight excluding hydrogens is 314 g/mol. The van der Waals surface area contributed by atoms with Gasteiger partial charge < -0.3 is 10.4 Å². The third kappa shape index (κ3) is 3.73. The van der Waals surface area contributed by atoms with Crippen LogP contribution in [0.3, 0.4) is 0 Å². The fourth-order valence-corrected chi connectivity index (χ4v) is 3.46. The molecule has 2 N–H and O–H groups in total. The van der Waals surface area contributed by atoms with E-state index >= 15 is 0 Å². The van der Waals surface area contributed by atoms with Gasteiger partial charge >= 0.3 is 5.97 Å². The van der Waals surface area contributed by atoms with E-state index in [0.29, 0.717) is 6.42 Å². The monoisotopic (exact) mass is 337 g/mol. The summed E-state index contributed by atoms with van der Waals surface area (Å²) in [5.74, 6) is -1.56. The van der Waals surface area contributed by atoms with Gasteiger partial charge in [-0.1, -0.05) is 67.1 Å². The molecule has 0 aliphatic heterocycles. The molecule has 0 heterocycles. The molecule has 25 heavy (non-hydrogen) atoms. The number of nitrogens with one attached hydrogen (secondary N) is 1. The van der Waals surface area contributed by atoms with Crippen molar-refractivity contribution in [1.82, 2.24) is 5.32 Å². The third-order valence-electron chi connectivity index (χ3n) is 5.15. The lowest BCUT2D eigenvalue weighted by atomic mass is 9.64. The first-order valence-electron chi connectivity index (χ1n) is 8.72. The van der Waals surface area contributed by atoms with Gasteiger partial charge in [-0.2, -0.15) is 0 Å². The molecule has 0 radical (unpaired) electrons. The van der Waals surface area contributed by atoms with Gasteiger partial charge in [-0.3, -0.25) is 9.59 Å². The summed E-state index contributed by atoms with van der Waals surface area (Å²) >= 11 is 0. The van der Waals surface area contributed by atoms with Crippen molar-refractivity contribution in [3.05, 3.63) is 71.8 Å². The molecule has 4 heteroatoms. The maximum Gasteiger partial charge on any atom is 0.308 e. The van der Waals surface area contributed by atoms with Gasteiger partial charge in [0.15, 0.2) is 0 Å². The van der Waals surface area contributed by atoms with Crippen molar-refractivity contribution in [2.75, 3.05) is 6.54 Å². The first-order valence-corrected chi connectivity index (χ1v) is 8.72. The van der Waals surface area contributed by atoms with E-state index in [-0.39, 0.29) is 12.5 Å². The Labute approximate surface area is 147 Å². The van der Waals surface area contributed by atoms with Crippen LogP contribution in [0.5, 0.6) is 0 Å². The van der Waals surface area contributed by atoms with Crippen LogP contribution in [0, 0.1) is 5.92 Å². The zero-order chi connectivity index (χ0) is 17.7. The van der Waals surface area contributed by atoms with Gasteiger partial charge in [-0.25, -0.2) is 0 Å². The lowest BCUT2D eigenvalue weighted by Gasteiger charge is -2.41. The van der Waals surface area contributed by atoms with Gasteiger partial charge in [0, 0.05) is 6.54 Å². The molecule has 1 fully saturated rings. The van der Waals surface area contributed by atoms with Gasteiger partial charge in [-0.15, -0.1) is 0 Å². The van der Waals surface area contributed by atoms with Crippen LogP contribution in [0.1, 0.15) is 30.4 Å². The molecule has 1 atom stereocenters. The normalized spacial score (nSPS) is 16.5. The largest absolute Gasteiger partial charge is 0.481 e. The van der Waals surface area contributed by atoms with E-state index < -0.39 is 17.3 Å². The highest BCUT2D eigenvalue weighted by Crippen LogP contribution is 2.43. The first-order chi connectivity index (χ1) is 12.1. The molecule has 2 aromatic carbocycles. The number of carbonyl (C=O) groups is 2. The zero-order valence-electron chi connectivity index (χ0n) is 14.2. The number of amides is 1. The summed E-state index contributed by atoms with van der Waals surface area (Å²) in [6.07, 6.45) is 3.07. The van der Waals surface area contributed by atoms with E-state index in [2.05, 4.69) is 5.32 Å². The molecule has 0 spiro atoms. The predicted octanol–water partition coefficient (Wildman–Crippen LogP) is 3.17. The molecule has 1 aliphatic rings. The number of hydrogen-bond acceptors (Lipinski definition) is 2. The van der Waals surface area contributed by atoms with Gasteiger partial charge in [0.05, 0.1) is 11.3 Å². The Morgan fingerprint density at radius 1 is 1.00 bits per heavy atom. The molecule has 1 saturated carbocycles. The number of carboxylic acids is 1. The SMILES string of the molecule is O=C(O)C(CNC(=O)C1(c2ccccc2)CCC1)Cc1ccccc1. The van der Waals surface area contributed by atoms with Gasteiger partial charge in [0.25, 0.3) is 0 Å². The van der Waals surface area contributed by atoms with Crippen molar-refractivity contribution >= 4 is 11.9 Å². The maximum atomic E-state index is 12.8. The van der Waals surface area contributed by atoms with Crippen LogP contribution in [-0.4, -0.2) is 23.5 Å². The zero-order valence-corrected chi connectivity index (χ0v) is 14.2. The van der Waals surface area contributed by atoms with Gasteiger partial charge in [-0.05, 0) is 30.4 Å². The van der Waals surface area contributed by atoms with Crippen LogP contribution in [0.4, 0.5) is 0 Å². The second kappa shape index (κ2) is 7.51. The Balaban J connectivity index is 1.66. The number of carbonyl (C=O) groups excluding carboxylic acids is 1. The van der Waals surface area contributed by atoms with Crippen LogP contribution >= 0.6 is 0 Å². The van der Waals surface area contributed by atoms with E-state index in [1.54, 1.807) is 0 Å². The maximum absolute atomic E-state index is 12.8. The highest BCUT2D eigenvalue weighted by atomic mass is 16.4. The molecule has 3 rings (SSSR count). The highest BCUT2D eigenvalue weighted by Gasteiger charge is 2.45.